The van der Waals surface area contributed by atoms with E-state index < -0.39 is 44.2 Å². The van der Waals surface area contributed by atoms with Crippen LogP contribution in [0.15, 0.2) is 132 Å². The molecule has 48 heavy (non-hydrogen) atoms. The molecule has 4 aromatic rings. The Morgan fingerprint density at radius 3 is 0.625 bits per heavy atom. The first-order chi connectivity index (χ1) is 21.1. The quantitative estimate of drug-likeness (QED) is 0.115. The van der Waals surface area contributed by atoms with Crippen molar-refractivity contribution in [3.63, 3.8) is 0 Å². The minimum Gasteiger partial charge on any atom is -0.562 e. The molecule has 0 radical (unpaired) electrons. The first kappa shape index (κ1) is 53.3. The summed E-state index contributed by atoms with van der Waals surface area (Å²) in [4.78, 5) is 22.0. The Hall–Kier alpha value is -1.55. The van der Waals surface area contributed by atoms with Gasteiger partial charge in [-0.05, 0) is 16.1 Å². The summed E-state index contributed by atoms with van der Waals surface area (Å²) in [6.45, 7) is 24.9. The smallest absolute Gasteiger partial charge is 0.164 e. The fourth-order valence-electron chi connectivity index (χ4n) is 3.16. The molecular weight excluding hydrogens is 815 g/mol. The molecule has 0 fully saturated rings. The first-order valence-corrected chi connectivity index (χ1v) is 29.5. The fourth-order valence-corrected chi connectivity index (χ4v) is 11.4. The Morgan fingerprint density at radius 2 is 0.583 bits per heavy atom. The van der Waals surface area contributed by atoms with E-state index in [4.69, 9.17) is 10.2 Å². The molecule has 0 saturated heterocycles. The molecule has 0 aliphatic carbocycles. The van der Waals surface area contributed by atoms with Crippen LogP contribution in [-0.2, 0) is 62.0 Å². The molecule has 0 bridgehead atoms. The van der Waals surface area contributed by atoms with Crippen LogP contribution in [0.5, 0.6) is 0 Å². The van der Waals surface area contributed by atoms with E-state index in [9.17, 15) is 9.59 Å². The van der Waals surface area contributed by atoms with Gasteiger partial charge in [-0.3, -0.25) is 11.4 Å². The van der Waals surface area contributed by atoms with E-state index in [1.807, 2.05) is 161 Å². The van der Waals surface area contributed by atoms with Crippen LogP contribution < -0.4 is 0 Å². The number of carboxylic acids is 2. The van der Waals surface area contributed by atoms with E-state index in [0.717, 1.165) is 0 Å². The molecule has 10 heteroatoms. The van der Waals surface area contributed by atoms with E-state index in [-0.39, 0.29) is 52.4 Å². The number of carbonyl (C=O) groups is 2. The second-order valence-corrected chi connectivity index (χ2v) is 34.0. The van der Waals surface area contributed by atoms with Crippen LogP contribution in [0.1, 0.15) is 0 Å². The number of hydrogen-bond donors (Lipinski definition) is 2. The summed E-state index contributed by atoms with van der Waals surface area (Å²) in [6.07, 6.45) is 0. The molecule has 0 aliphatic heterocycles. The van der Waals surface area contributed by atoms with Gasteiger partial charge >= 0.3 is 0 Å². The van der Waals surface area contributed by atoms with E-state index >= 15 is 0 Å². The summed E-state index contributed by atoms with van der Waals surface area (Å²) in [6, 6.07) is 40.0. The minimum atomic E-state index is -1.72. The van der Waals surface area contributed by atoms with Gasteiger partial charge in [-0.25, -0.2) is 48.5 Å². The maximum Gasteiger partial charge on any atom is 0.164 e. The zero-order valence-corrected chi connectivity index (χ0v) is 40.2. The SMILES string of the molecule is C[Si](C)(C)[C-]=C(C(=O)O)[Si](C)(C)C.C[Si](C)(C)[C-]=C(C(=O)O)[Si](C)(C)C.[Zr].[Zr].c1cc[cH-]c1.c1cc[cH-]c1.c1cc[cH-]c1.c1cc[cH-]c1. The second kappa shape index (κ2) is 28.2. The number of carboxylic acid groups (broad SMARTS) is 2. The van der Waals surface area contributed by atoms with Gasteiger partial charge in [-0.1, -0.05) is 78.6 Å². The molecule has 0 atom stereocenters. The first-order valence-electron chi connectivity index (χ1n) is 15.5. The molecular formula is C38H58O4Si4Zr2-6. The summed E-state index contributed by atoms with van der Waals surface area (Å²) >= 11 is 0. The zero-order chi connectivity index (χ0) is 35.9. The van der Waals surface area contributed by atoms with E-state index in [0.29, 0.717) is 10.4 Å². The van der Waals surface area contributed by atoms with Gasteiger partial charge in [0.1, 0.15) is 0 Å². The van der Waals surface area contributed by atoms with Gasteiger partial charge < -0.3 is 19.8 Å². The molecule has 0 heterocycles. The van der Waals surface area contributed by atoms with Crippen LogP contribution in [-0.4, -0.2) is 54.4 Å². The molecule has 0 aromatic heterocycles. The van der Waals surface area contributed by atoms with E-state index in [1.165, 1.54) is 0 Å². The third-order valence-electron chi connectivity index (χ3n) is 5.15. The molecule has 0 amide bonds. The van der Waals surface area contributed by atoms with Crippen molar-refractivity contribution in [1.29, 1.82) is 0 Å². The maximum absolute atomic E-state index is 11.0. The normalized spacial score (nSPS) is 11.2. The van der Waals surface area contributed by atoms with Crippen molar-refractivity contribution >= 4 is 44.2 Å². The molecule has 0 saturated carbocycles. The molecule has 4 aromatic carbocycles. The predicted molar refractivity (Wildman–Crippen MR) is 210 cm³/mol. The van der Waals surface area contributed by atoms with E-state index in [2.05, 4.69) is 50.7 Å². The summed E-state index contributed by atoms with van der Waals surface area (Å²) in [5.41, 5.74) is 6.43. The van der Waals surface area contributed by atoms with Crippen molar-refractivity contribution in [2.24, 2.45) is 0 Å². The average molecular weight is 874 g/mol. The summed E-state index contributed by atoms with van der Waals surface area (Å²) in [5, 5.41) is 19.2. The summed E-state index contributed by atoms with van der Waals surface area (Å²) in [5.74, 6) is -1.55. The second-order valence-electron chi connectivity index (χ2n) is 14.5. The maximum atomic E-state index is 11.0. The average Bonchev–Trinajstić information content (AvgIpc) is 3.75. The minimum absolute atomic E-state index is 0. The molecule has 0 spiro atoms. The largest absolute Gasteiger partial charge is 0.562 e. The van der Waals surface area contributed by atoms with Crippen molar-refractivity contribution in [2.75, 3.05) is 0 Å². The van der Waals surface area contributed by atoms with Crippen LogP contribution in [0.3, 0.4) is 0 Å². The number of hydrogen-bond acceptors (Lipinski definition) is 2. The Labute approximate surface area is 335 Å². The van der Waals surface area contributed by atoms with Crippen LogP contribution >= 0.6 is 0 Å². The molecule has 264 valence electrons. The van der Waals surface area contributed by atoms with Crippen LogP contribution in [0.4, 0.5) is 0 Å². The predicted octanol–water partition coefficient (Wildman–Crippen LogP) is 10.7. The molecule has 0 aliphatic rings. The zero-order valence-electron chi connectivity index (χ0n) is 31.3. The molecule has 2 N–H and O–H groups in total. The van der Waals surface area contributed by atoms with Crippen molar-refractivity contribution in [3.8, 4) is 0 Å². The Morgan fingerprint density at radius 1 is 0.417 bits per heavy atom. The topological polar surface area (TPSA) is 74.6 Å². The fraction of sp³-hybridized carbons (Fsp3) is 0.316. The van der Waals surface area contributed by atoms with Crippen molar-refractivity contribution in [1.82, 2.24) is 0 Å². The van der Waals surface area contributed by atoms with Gasteiger partial charge in [0, 0.05) is 68.6 Å². The Bertz CT molecular complexity index is 1070. The number of aliphatic carboxylic acids is 2. The van der Waals surface area contributed by atoms with Gasteiger partial charge in [0.05, 0.1) is 0 Å². The Balaban J connectivity index is -0.000000253. The van der Waals surface area contributed by atoms with Crippen LogP contribution in [0.25, 0.3) is 0 Å². The van der Waals surface area contributed by atoms with E-state index in [1.54, 1.807) is 0 Å². The van der Waals surface area contributed by atoms with Crippen molar-refractivity contribution in [3.05, 3.63) is 143 Å². The third kappa shape index (κ3) is 35.8. The van der Waals surface area contributed by atoms with Crippen molar-refractivity contribution < 1.29 is 72.2 Å². The van der Waals surface area contributed by atoms with Crippen molar-refractivity contribution in [2.45, 2.75) is 78.6 Å². The summed E-state index contributed by atoms with van der Waals surface area (Å²) in [7, 11) is -6.49. The van der Waals surface area contributed by atoms with Gasteiger partial charge in [0.15, 0.2) is 11.9 Å². The summed E-state index contributed by atoms with van der Waals surface area (Å²) < 4.78 is 0. The van der Waals surface area contributed by atoms with Gasteiger partial charge in [-0.15, -0.1) is 0 Å². The van der Waals surface area contributed by atoms with Crippen LogP contribution in [0, 0.1) is 11.4 Å². The Kier molecular flexibility index (Phi) is 31.3. The third-order valence-corrected chi connectivity index (χ3v) is 11.3. The van der Waals surface area contributed by atoms with Crippen LogP contribution in [0.2, 0.25) is 78.6 Å². The molecule has 4 nitrogen and oxygen atoms in total. The van der Waals surface area contributed by atoms with Gasteiger partial charge in [0.2, 0.25) is 0 Å². The monoisotopic (exact) mass is 870 g/mol. The number of rotatable bonds is 6. The molecule has 4 rings (SSSR count). The standard InChI is InChI=1S/2C9H19O2Si2.4C5H5.2Zr/c2*1-12(2,3)7-8(9(10)11)13(4,5)6;4*1-2-4-5-3-1;;/h2*1-6H3,(H,10,11);4*1-5H;;/q6*-1;;. The van der Waals surface area contributed by atoms with Gasteiger partial charge in [0.25, 0.3) is 0 Å². The van der Waals surface area contributed by atoms with Gasteiger partial charge in [-0.2, -0.15) is 83.2 Å². The molecule has 0 unspecified atom stereocenters.